The molecule has 1 aliphatic heterocycles. The number of rotatable bonds is 5. The van der Waals surface area contributed by atoms with E-state index in [2.05, 4.69) is 34.1 Å². The van der Waals surface area contributed by atoms with Gasteiger partial charge >= 0.3 is 0 Å². The summed E-state index contributed by atoms with van der Waals surface area (Å²) in [6.45, 7) is 7.92. The van der Waals surface area contributed by atoms with Gasteiger partial charge < -0.3 is 10.0 Å². The Kier molecular flexibility index (Phi) is 5.39. The third kappa shape index (κ3) is 4.33. The molecule has 0 saturated carbocycles. The van der Waals surface area contributed by atoms with Crippen molar-refractivity contribution in [2.45, 2.75) is 20.3 Å². The molecule has 4 nitrogen and oxygen atoms in total. The molecule has 21 heavy (non-hydrogen) atoms. The van der Waals surface area contributed by atoms with Crippen LogP contribution in [0.4, 0.5) is 5.69 Å². The number of carbonyl (C=O) groups excluding carboxylic acids is 1. The molecule has 1 saturated heterocycles. The van der Waals surface area contributed by atoms with Crippen LogP contribution in [0.15, 0.2) is 41.7 Å². The number of aliphatic hydroxyl groups excluding tert-OH is 1. The second-order valence-corrected chi connectivity index (χ2v) is 5.53. The molecule has 0 unspecified atom stereocenters. The number of hydrogen-bond acceptors (Lipinski definition) is 4. The third-order valence-electron chi connectivity index (χ3n) is 4.03. The highest BCUT2D eigenvalue weighted by atomic mass is 16.3. The highest BCUT2D eigenvalue weighted by molar-refractivity contribution is 5.93. The van der Waals surface area contributed by atoms with Crippen molar-refractivity contribution in [2.75, 3.05) is 37.6 Å². The first-order valence-electron chi connectivity index (χ1n) is 7.50. The smallest absolute Gasteiger partial charge is 0.159 e. The van der Waals surface area contributed by atoms with Crippen molar-refractivity contribution in [1.82, 2.24) is 4.90 Å². The fraction of sp³-hybridized carbons (Fsp3) is 0.471. The summed E-state index contributed by atoms with van der Waals surface area (Å²) in [5.41, 5.74) is 1.83. The SMILES string of the molecule is CC(=O)/C(CCN1CCN(c2ccccc2)CC1)=C(/C)O. The van der Waals surface area contributed by atoms with Gasteiger partial charge in [0.25, 0.3) is 0 Å². The van der Waals surface area contributed by atoms with E-state index in [9.17, 15) is 9.90 Å². The molecule has 2 rings (SSSR count). The van der Waals surface area contributed by atoms with Gasteiger partial charge in [-0.1, -0.05) is 18.2 Å². The number of ketones is 1. The fourth-order valence-electron chi connectivity index (χ4n) is 2.75. The molecule has 1 aromatic rings. The van der Waals surface area contributed by atoms with E-state index in [4.69, 9.17) is 0 Å². The Morgan fingerprint density at radius 2 is 1.71 bits per heavy atom. The molecule has 0 radical (unpaired) electrons. The molecular weight excluding hydrogens is 264 g/mol. The number of allylic oxidation sites excluding steroid dienone is 1. The molecule has 1 aromatic carbocycles. The van der Waals surface area contributed by atoms with E-state index in [0.717, 1.165) is 32.7 Å². The molecule has 0 bridgehead atoms. The van der Waals surface area contributed by atoms with Gasteiger partial charge in [-0.3, -0.25) is 9.69 Å². The maximum Gasteiger partial charge on any atom is 0.159 e. The predicted octanol–water partition coefficient (Wildman–Crippen LogP) is 2.62. The van der Waals surface area contributed by atoms with Gasteiger partial charge in [-0.25, -0.2) is 0 Å². The molecule has 1 N–H and O–H groups in total. The average molecular weight is 288 g/mol. The van der Waals surface area contributed by atoms with Gasteiger partial charge in [0.2, 0.25) is 0 Å². The number of benzene rings is 1. The third-order valence-corrected chi connectivity index (χ3v) is 4.03. The van der Waals surface area contributed by atoms with Crippen molar-refractivity contribution in [3.05, 3.63) is 41.7 Å². The topological polar surface area (TPSA) is 43.8 Å². The van der Waals surface area contributed by atoms with Crippen LogP contribution in [0, 0.1) is 0 Å². The normalized spacial score (nSPS) is 17.5. The summed E-state index contributed by atoms with van der Waals surface area (Å²) >= 11 is 0. The number of aliphatic hydroxyl groups is 1. The number of piperazine rings is 1. The number of nitrogens with zero attached hydrogens (tertiary/aromatic N) is 2. The minimum absolute atomic E-state index is 0.0297. The van der Waals surface area contributed by atoms with Gasteiger partial charge in [0.15, 0.2) is 5.78 Å². The van der Waals surface area contributed by atoms with Crippen molar-refractivity contribution in [3.63, 3.8) is 0 Å². The maximum atomic E-state index is 11.5. The van der Waals surface area contributed by atoms with Gasteiger partial charge in [0, 0.05) is 44.0 Å². The van der Waals surface area contributed by atoms with E-state index >= 15 is 0 Å². The van der Waals surface area contributed by atoms with E-state index in [-0.39, 0.29) is 11.5 Å². The predicted molar refractivity (Wildman–Crippen MR) is 85.7 cm³/mol. The van der Waals surface area contributed by atoms with Gasteiger partial charge in [0.05, 0.1) is 5.76 Å². The maximum absolute atomic E-state index is 11.5. The Morgan fingerprint density at radius 1 is 1.10 bits per heavy atom. The van der Waals surface area contributed by atoms with Gasteiger partial charge in [-0.05, 0) is 32.4 Å². The van der Waals surface area contributed by atoms with Gasteiger partial charge in [-0.2, -0.15) is 0 Å². The molecule has 114 valence electrons. The lowest BCUT2D eigenvalue weighted by atomic mass is 10.1. The monoisotopic (exact) mass is 288 g/mol. The van der Waals surface area contributed by atoms with Crippen LogP contribution in [-0.4, -0.2) is 48.5 Å². The number of anilines is 1. The molecule has 0 spiro atoms. The van der Waals surface area contributed by atoms with E-state index in [1.165, 1.54) is 12.6 Å². The minimum atomic E-state index is -0.0297. The van der Waals surface area contributed by atoms with Crippen LogP contribution < -0.4 is 4.90 Å². The first-order chi connectivity index (χ1) is 10.1. The summed E-state index contributed by atoms with van der Waals surface area (Å²) < 4.78 is 0. The van der Waals surface area contributed by atoms with E-state index in [0.29, 0.717) is 12.0 Å². The number of para-hydroxylation sites is 1. The van der Waals surface area contributed by atoms with Crippen LogP contribution >= 0.6 is 0 Å². The molecule has 1 fully saturated rings. The first-order valence-corrected chi connectivity index (χ1v) is 7.50. The van der Waals surface area contributed by atoms with Crippen molar-refractivity contribution in [2.24, 2.45) is 0 Å². The number of Topliss-reactive ketones (excluding diaryl/α,β-unsaturated/α-hetero) is 1. The summed E-state index contributed by atoms with van der Waals surface area (Å²) in [6, 6.07) is 10.4. The Bertz CT molecular complexity index is 499. The van der Waals surface area contributed by atoms with Crippen LogP contribution in [0.5, 0.6) is 0 Å². The minimum Gasteiger partial charge on any atom is -0.512 e. The fourth-order valence-corrected chi connectivity index (χ4v) is 2.75. The average Bonchev–Trinajstić information content (AvgIpc) is 2.48. The van der Waals surface area contributed by atoms with E-state index in [1.807, 2.05) is 6.07 Å². The van der Waals surface area contributed by atoms with Gasteiger partial charge in [0.1, 0.15) is 0 Å². The Hall–Kier alpha value is -1.81. The summed E-state index contributed by atoms with van der Waals surface area (Å²) in [6.07, 6.45) is 0.628. The lowest BCUT2D eigenvalue weighted by molar-refractivity contribution is -0.114. The van der Waals surface area contributed by atoms with Crippen molar-refractivity contribution in [1.29, 1.82) is 0 Å². The lowest BCUT2D eigenvalue weighted by Gasteiger charge is -2.36. The van der Waals surface area contributed by atoms with Gasteiger partial charge in [-0.15, -0.1) is 0 Å². The van der Waals surface area contributed by atoms with Crippen LogP contribution in [0.3, 0.4) is 0 Å². The quantitative estimate of drug-likeness (QED) is 0.668. The number of carbonyl (C=O) groups is 1. The molecule has 0 aromatic heterocycles. The van der Waals surface area contributed by atoms with Crippen LogP contribution in [0.1, 0.15) is 20.3 Å². The second-order valence-electron chi connectivity index (χ2n) is 5.53. The summed E-state index contributed by atoms with van der Waals surface area (Å²) in [4.78, 5) is 16.2. The summed E-state index contributed by atoms with van der Waals surface area (Å²) in [7, 11) is 0. The van der Waals surface area contributed by atoms with Crippen molar-refractivity contribution < 1.29 is 9.90 Å². The Morgan fingerprint density at radius 3 is 2.24 bits per heavy atom. The van der Waals surface area contributed by atoms with E-state index < -0.39 is 0 Å². The molecule has 4 heteroatoms. The largest absolute Gasteiger partial charge is 0.512 e. The first kappa shape index (κ1) is 15.6. The molecule has 0 atom stereocenters. The highest BCUT2D eigenvalue weighted by Gasteiger charge is 2.18. The number of hydrogen-bond donors (Lipinski definition) is 1. The summed E-state index contributed by atoms with van der Waals surface area (Å²) in [5, 5.41) is 9.53. The standard InChI is InChI=1S/C17H24N2O2/c1-14(20)17(15(2)21)8-9-18-10-12-19(13-11-18)16-6-4-3-5-7-16/h3-7,20H,8-13H2,1-2H3/b17-14-. The van der Waals surface area contributed by atoms with E-state index in [1.54, 1.807) is 6.92 Å². The molecular formula is C17H24N2O2. The highest BCUT2D eigenvalue weighted by Crippen LogP contribution is 2.16. The molecule has 0 amide bonds. The van der Waals surface area contributed by atoms with Crippen LogP contribution in [0.25, 0.3) is 0 Å². The lowest BCUT2D eigenvalue weighted by Crippen LogP contribution is -2.46. The molecule has 1 aliphatic rings. The zero-order valence-corrected chi connectivity index (χ0v) is 12.9. The van der Waals surface area contributed by atoms with Crippen molar-refractivity contribution in [3.8, 4) is 0 Å². The Balaban J connectivity index is 1.82. The van der Waals surface area contributed by atoms with Crippen molar-refractivity contribution >= 4 is 11.5 Å². The zero-order chi connectivity index (χ0) is 15.2. The summed E-state index contributed by atoms with van der Waals surface area (Å²) in [5.74, 6) is 0.128. The van der Waals surface area contributed by atoms with Crippen LogP contribution in [0.2, 0.25) is 0 Å². The molecule has 0 aliphatic carbocycles. The zero-order valence-electron chi connectivity index (χ0n) is 12.9. The Labute approximate surface area is 126 Å². The molecule has 1 heterocycles. The second kappa shape index (κ2) is 7.27. The van der Waals surface area contributed by atoms with Crippen LogP contribution in [-0.2, 0) is 4.79 Å².